The zero-order valence-electron chi connectivity index (χ0n) is 20.7. The first-order chi connectivity index (χ1) is 18.6. The van der Waals surface area contributed by atoms with Gasteiger partial charge in [-0.3, -0.25) is 14.0 Å². The topological polar surface area (TPSA) is 126 Å². The second kappa shape index (κ2) is 13.5. The van der Waals surface area contributed by atoms with E-state index < -0.39 is 43.2 Å². The number of halogens is 4. The molecule has 0 saturated carbocycles. The first-order valence-corrected chi connectivity index (χ1v) is 12.1. The van der Waals surface area contributed by atoms with Crippen LogP contribution < -0.4 is 10.6 Å². The minimum Gasteiger partial charge on any atom is -0.480 e. The molecule has 1 aromatic heterocycles. The molecule has 0 aliphatic heterocycles. The fourth-order valence-corrected chi connectivity index (χ4v) is 3.79. The lowest BCUT2D eigenvalue weighted by Gasteiger charge is -2.15. The van der Waals surface area contributed by atoms with Crippen LogP contribution in [-0.2, 0) is 17.6 Å². The third kappa shape index (κ3) is 8.62. The summed E-state index contributed by atoms with van der Waals surface area (Å²) < 4.78 is 51.1. The molecule has 9 nitrogen and oxygen atoms in total. The molecule has 0 aliphatic rings. The summed E-state index contributed by atoms with van der Waals surface area (Å²) in [4.78, 5) is 36.9. The molecule has 0 saturated heterocycles. The van der Waals surface area contributed by atoms with Crippen molar-refractivity contribution in [2.24, 2.45) is 0 Å². The van der Waals surface area contributed by atoms with Gasteiger partial charge in [0.25, 0.3) is 11.8 Å². The zero-order chi connectivity index (χ0) is 28.4. The summed E-state index contributed by atoms with van der Waals surface area (Å²) in [6, 6.07) is 13.0. The number of nitrogens with zero attached hydrogens (tertiary/aromatic N) is 3. The molecule has 39 heavy (non-hydrogen) atoms. The number of aromatic nitrogens is 3. The van der Waals surface area contributed by atoms with Crippen LogP contribution in [0.3, 0.4) is 0 Å². The average Bonchev–Trinajstić information content (AvgIpc) is 3.33. The number of carboxylic acids is 1. The molecule has 0 bridgehead atoms. The van der Waals surface area contributed by atoms with Crippen molar-refractivity contribution < 1.29 is 37.1 Å². The second-order valence-electron chi connectivity index (χ2n) is 8.69. The number of hydrogen-bond donors (Lipinski definition) is 3. The highest BCUT2D eigenvalue weighted by Gasteiger charge is 2.28. The Bertz CT molecular complexity index is 1260. The molecule has 0 aliphatic carbocycles. The number of nitrogens with one attached hydrogen (secondary N) is 2. The standard InChI is InChI=1S/C26H27F4N5O4/c27-14-6-2-5-9-21-22(24(37)32-20(25(38)39)15-17-7-3-1-4-8-17)33-34-35(21)19-12-10-18(11-13-19)23(36)31-16-26(28,29)30/h1,3-4,7-8,10-13,20H,2,5-6,9,14-16H2,(H,31,36)(H,32,37)(H,38,39)/t20-/m0/s1. The smallest absolute Gasteiger partial charge is 0.405 e. The number of carboxylic acid groups (broad SMARTS) is 1. The van der Waals surface area contributed by atoms with E-state index in [2.05, 4.69) is 15.6 Å². The van der Waals surface area contributed by atoms with Gasteiger partial charge in [-0.2, -0.15) is 13.2 Å². The van der Waals surface area contributed by atoms with Gasteiger partial charge in [-0.1, -0.05) is 42.0 Å². The molecule has 2 aromatic carbocycles. The van der Waals surface area contributed by atoms with Crippen molar-refractivity contribution in [3.8, 4) is 5.69 Å². The molecule has 208 valence electrons. The van der Waals surface area contributed by atoms with Crippen LogP contribution in [0.4, 0.5) is 17.6 Å². The summed E-state index contributed by atoms with van der Waals surface area (Å²) in [6.07, 6.45) is -2.91. The van der Waals surface area contributed by atoms with Crippen molar-refractivity contribution in [1.82, 2.24) is 25.6 Å². The maximum Gasteiger partial charge on any atom is 0.405 e. The minimum absolute atomic E-state index is 0.0178. The van der Waals surface area contributed by atoms with Crippen LogP contribution in [0.1, 0.15) is 51.4 Å². The van der Waals surface area contributed by atoms with E-state index in [1.54, 1.807) is 35.6 Å². The summed E-state index contributed by atoms with van der Waals surface area (Å²) in [5, 5.41) is 21.9. The highest BCUT2D eigenvalue weighted by atomic mass is 19.4. The summed E-state index contributed by atoms with van der Waals surface area (Å²) in [6.45, 7) is -1.97. The van der Waals surface area contributed by atoms with E-state index in [-0.39, 0.29) is 24.1 Å². The number of rotatable bonds is 13. The molecular formula is C26H27F4N5O4. The van der Waals surface area contributed by atoms with Gasteiger partial charge in [-0.05, 0) is 49.1 Å². The first kappa shape index (κ1) is 29.3. The van der Waals surface area contributed by atoms with Crippen LogP contribution in [0.5, 0.6) is 0 Å². The molecule has 1 heterocycles. The van der Waals surface area contributed by atoms with E-state index in [9.17, 15) is 37.1 Å². The normalized spacial score (nSPS) is 12.1. The fourth-order valence-electron chi connectivity index (χ4n) is 3.79. The van der Waals surface area contributed by atoms with E-state index in [0.717, 1.165) is 0 Å². The van der Waals surface area contributed by atoms with E-state index in [4.69, 9.17) is 0 Å². The number of aliphatic carboxylic acids is 1. The van der Waals surface area contributed by atoms with Crippen molar-refractivity contribution in [2.75, 3.05) is 13.2 Å². The second-order valence-corrected chi connectivity index (χ2v) is 8.69. The summed E-state index contributed by atoms with van der Waals surface area (Å²) in [5.74, 6) is -2.90. The third-order valence-electron chi connectivity index (χ3n) is 5.73. The Morgan fingerprint density at radius 3 is 2.26 bits per heavy atom. The van der Waals surface area contributed by atoms with Crippen LogP contribution >= 0.6 is 0 Å². The number of hydrogen-bond acceptors (Lipinski definition) is 5. The lowest BCUT2D eigenvalue weighted by Crippen LogP contribution is -2.42. The quantitative estimate of drug-likeness (QED) is 0.221. The van der Waals surface area contributed by atoms with E-state index in [0.29, 0.717) is 36.2 Å². The Kier molecular flexibility index (Phi) is 10.1. The summed E-state index contributed by atoms with van der Waals surface area (Å²) >= 11 is 0. The largest absolute Gasteiger partial charge is 0.480 e. The third-order valence-corrected chi connectivity index (χ3v) is 5.73. The van der Waals surface area contributed by atoms with Gasteiger partial charge in [0.2, 0.25) is 0 Å². The lowest BCUT2D eigenvalue weighted by atomic mass is 10.1. The molecule has 3 rings (SSSR count). The Hall–Kier alpha value is -4.29. The highest BCUT2D eigenvalue weighted by Crippen LogP contribution is 2.18. The molecule has 1 atom stereocenters. The van der Waals surface area contributed by atoms with Gasteiger partial charge >= 0.3 is 12.1 Å². The van der Waals surface area contributed by atoms with Gasteiger partial charge in [-0.25, -0.2) is 9.48 Å². The van der Waals surface area contributed by atoms with Crippen LogP contribution in [0.25, 0.3) is 5.69 Å². The highest BCUT2D eigenvalue weighted by molar-refractivity contribution is 5.96. The van der Waals surface area contributed by atoms with E-state index >= 15 is 0 Å². The van der Waals surface area contributed by atoms with Crippen LogP contribution in [0.15, 0.2) is 54.6 Å². The average molecular weight is 550 g/mol. The predicted octanol–water partition coefficient (Wildman–Crippen LogP) is 3.67. The molecule has 0 unspecified atom stereocenters. The molecule has 0 spiro atoms. The van der Waals surface area contributed by atoms with Crippen LogP contribution in [0.2, 0.25) is 0 Å². The van der Waals surface area contributed by atoms with Crippen LogP contribution in [0, 0.1) is 0 Å². The van der Waals surface area contributed by atoms with Gasteiger partial charge < -0.3 is 15.7 Å². The van der Waals surface area contributed by atoms with E-state index in [1.165, 1.54) is 28.9 Å². The number of carbonyl (C=O) groups excluding carboxylic acids is 2. The van der Waals surface area contributed by atoms with Crippen molar-refractivity contribution in [3.63, 3.8) is 0 Å². The predicted molar refractivity (Wildman–Crippen MR) is 132 cm³/mol. The number of alkyl halides is 4. The molecule has 3 N–H and O–H groups in total. The molecule has 3 aromatic rings. The van der Waals surface area contributed by atoms with Crippen molar-refractivity contribution >= 4 is 17.8 Å². The first-order valence-electron chi connectivity index (χ1n) is 12.1. The SMILES string of the molecule is O=C(NCC(F)(F)F)c1ccc(-n2nnc(C(=O)N[C@@H](Cc3ccccc3)C(=O)O)c2CCCCCF)cc1. The van der Waals surface area contributed by atoms with Crippen molar-refractivity contribution in [1.29, 1.82) is 0 Å². The number of unbranched alkanes of at least 4 members (excludes halogenated alkanes) is 2. The molecule has 0 fully saturated rings. The molecule has 13 heteroatoms. The summed E-state index contributed by atoms with van der Waals surface area (Å²) in [5.41, 5.74) is 1.29. The fraction of sp³-hybridized carbons (Fsp3) is 0.346. The Morgan fingerprint density at radius 1 is 0.949 bits per heavy atom. The maximum atomic E-state index is 13.1. The van der Waals surface area contributed by atoms with Crippen molar-refractivity contribution in [2.45, 2.75) is 44.3 Å². The zero-order valence-corrected chi connectivity index (χ0v) is 20.7. The number of carbonyl (C=O) groups is 3. The molecular weight excluding hydrogens is 522 g/mol. The number of benzene rings is 2. The maximum absolute atomic E-state index is 13.1. The Morgan fingerprint density at radius 2 is 1.64 bits per heavy atom. The van der Waals surface area contributed by atoms with Gasteiger partial charge in [0.1, 0.15) is 12.6 Å². The van der Waals surface area contributed by atoms with Crippen molar-refractivity contribution in [3.05, 3.63) is 77.1 Å². The molecule has 2 amide bonds. The Balaban J connectivity index is 1.83. The minimum atomic E-state index is -4.55. The summed E-state index contributed by atoms with van der Waals surface area (Å²) in [7, 11) is 0. The lowest BCUT2D eigenvalue weighted by molar-refractivity contribution is -0.139. The number of amides is 2. The van der Waals surface area contributed by atoms with Gasteiger partial charge in [0, 0.05) is 12.0 Å². The monoisotopic (exact) mass is 549 g/mol. The van der Waals surface area contributed by atoms with E-state index in [1.807, 2.05) is 0 Å². The molecule has 0 radical (unpaired) electrons. The van der Waals surface area contributed by atoms with Crippen LogP contribution in [-0.4, -0.2) is 63.3 Å². The van der Waals surface area contributed by atoms with Gasteiger partial charge in [0.05, 0.1) is 18.1 Å². The van der Waals surface area contributed by atoms with Gasteiger partial charge in [-0.15, -0.1) is 5.10 Å². The Labute approximate surface area is 221 Å². The van der Waals surface area contributed by atoms with Gasteiger partial charge in [0.15, 0.2) is 5.69 Å².